The van der Waals surface area contributed by atoms with Gasteiger partial charge in [-0.3, -0.25) is 9.78 Å². The Balaban J connectivity index is 1.78. The minimum Gasteiger partial charge on any atom is -0.494 e. The molecule has 0 aliphatic rings. The van der Waals surface area contributed by atoms with Crippen molar-refractivity contribution in [3.63, 3.8) is 0 Å². The minimum atomic E-state index is -0.399. The number of imidazole rings is 1. The molecule has 170 valence electrons. The molecule has 4 aromatic rings. The number of rotatable bonds is 8. The number of methoxy groups -OCH3 is 2. The molecule has 1 amide bonds. The van der Waals surface area contributed by atoms with Crippen molar-refractivity contribution in [2.45, 2.75) is 12.3 Å². The number of ether oxygens (including phenoxy) is 2. The number of H-pyrrole nitrogens is 1. The van der Waals surface area contributed by atoms with E-state index in [4.69, 9.17) is 37.7 Å². The van der Waals surface area contributed by atoms with E-state index in [9.17, 15) is 4.79 Å². The predicted octanol–water partition coefficient (Wildman–Crippen LogP) is 5.69. The first-order chi connectivity index (χ1) is 16.0. The zero-order valence-corrected chi connectivity index (χ0v) is 19.6. The van der Waals surface area contributed by atoms with Crippen LogP contribution in [-0.2, 0) is 4.74 Å². The molecule has 0 radical (unpaired) electrons. The molecule has 0 saturated heterocycles. The molecule has 2 N–H and O–H groups in total. The Morgan fingerprint density at radius 2 is 1.82 bits per heavy atom. The van der Waals surface area contributed by atoms with E-state index in [0.29, 0.717) is 46.9 Å². The Bertz CT molecular complexity index is 1260. The Kier molecular flexibility index (Phi) is 7.13. The predicted molar refractivity (Wildman–Crippen MR) is 130 cm³/mol. The maximum Gasteiger partial charge on any atom is 0.258 e. The van der Waals surface area contributed by atoms with Gasteiger partial charge in [0.1, 0.15) is 22.6 Å². The summed E-state index contributed by atoms with van der Waals surface area (Å²) in [6.45, 7) is 0.556. The van der Waals surface area contributed by atoms with Gasteiger partial charge < -0.3 is 19.8 Å². The molecule has 33 heavy (non-hydrogen) atoms. The van der Waals surface area contributed by atoms with Gasteiger partial charge in [0.05, 0.1) is 28.4 Å². The number of carbonyl (C=O) groups is 1. The van der Waals surface area contributed by atoms with E-state index < -0.39 is 5.91 Å². The molecule has 0 unspecified atom stereocenters. The van der Waals surface area contributed by atoms with Gasteiger partial charge in [0.15, 0.2) is 0 Å². The lowest BCUT2D eigenvalue weighted by atomic mass is 9.95. The number of halogens is 2. The number of carbonyl (C=O) groups excluding carboxylic acids is 1. The second-order valence-corrected chi connectivity index (χ2v) is 8.15. The lowest BCUT2D eigenvalue weighted by Crippen LogP contribution is -2.13. The Morgan fingerprint density at radius 1 is 1.09 bits per heavy atom. The fraction of sp³-hybridized carbons (Fsp3) is 0.208. The number of amides is 1. The van der Waals surface area contributed by atoms with Crippen LogP contribution in [0.3, 0.4) is 0 Å². The summed E-state index contributed by atoms with van der Waals surface area (Å²) in [5, 5.41) is 3.26. The van der Waals surface area contributed by atoms with Gasteiger partial charge in [-0.1, -0.05) is 53.5 Å². The molecule has 2 aromatic carbocycles. The van der Waals surface area contributed by atoms with Gasteiger partial charge in [-0.05, 0) is 24.1 Å². The first-order valence-corrected chi connectivity index (χ1v) is 11.0. The van der Waals surface area contributed by atoms with E-state index in [1.165, 1.54) is 12.4 Å². The first kappa shape index (κ1) is 23.0. The van der Waals surface area contributed by atoms with Crippen LogP contribution in [-0.4, -0.2) is 41.7 Å². The molecular formula is C24H22Cl2N4O3. The van der Waals surface area contributed by atoms with Crippen molar-refractivity contribution in [1.29, 1.82) is 0 Å². The molecule has 0 saturated carbocycles. The van der Waals surface area contributed by atoms with E-state index in [1.807, 2.05) is 30.3 Å². The summed E-state index contributed by atoms with van der Waals surface area (Å²) in [5.41, 5.74) is 2.86. The van der Waals surface area contributed by atoms with Gasteiger partial charge in [0.2, 0.25) is 0 Å². The number of nitrogens with one attached hydrogen (secondary N) is 2. The smallest absolute Gasteiger partial charge is 0.258 e. The highest BCUT2D eigenvalue weighted by Gasteiger charge is 2.23. The van der Waals surface area contributed by atoms with E-state index >= 15 is 0 Å². The van der Waals surface area contributed by atoms with Crippen LogP contribution in [0.25, 0.3) is 11.0 Å². The van der Waals surface area contributed by atoms with E-state index in [1.54, 1.807) is 26.4 Å². The molecule has 7 nitrogen and oxygen atoms in total. The summed E-state index contributed by atoms with van der Waals surface area (Å²) >= 11 is 12.3. The summed E-state index contributed by atoms with van der Waals surface area (Å²) < 4.78 is 10.8. The van der Waals surface area contributed by atoms with E-state index in [0.717, 1.165) is 5.56 Å². The quantitative estimate of drug-likeness (QED) is 0.335. The molecule has 2 aromatic heterocycles. The SMILES string of the molecule is COCC[C@@H](c1ccccc1)c1nc2c(C(=O)Nc3c(Cl)cncc3Cl)ccc(OC)c2[nH]1. The number of hydrogen-bond donors (Lipinski definition) is 2. The number of nitrogens with zero attached hydrogens (tertiary/aromatic N) is 2. The van der Waals surface area contributed by atoms with Gasteiger partial charge in [-0.15, -0.1) is 0 Å². The number of pyridine rings is 1. The lowest BCUT2D eigenvalue weighted by Gasteiger charge is -2.14. The summed E-state index contributed by atoms with van der Waals surface area (Å²) in [5.74, 6) is 0.845. The zero-order valence-electron chi connectivity index (χ0n) is 18.1. The van der Waals surface area contributed by atoms with Crippen LogP contribution in [0, 0.1) is 0 Å². The topological polar surface area (TPSA) is 89.1 Å². The van der Waals surface area contributed by atoms with Crippen LogP contribution in [0.4, 0.5) is 5.69 Å². The minimum absolute atomic E-state index is 0.0525. The van der Waals surface area contributed by atoms with Gasteiger partial charge in [-0.25, -0.2) is 4.98 Å². The molecule has 4 rings (SSSR count). The largest absolute Gasteiger partial charge is 0.494 e. The highest BCUT2D eigenvalue weighted by atomic mass is 35.5. The van der Waals surface area contributed by atoms with Crippen LogP contribution < -0.4 is 10.1 Å². The van der Waals surface area contributed by atoms with Gasteiger partial charge in [0, 0.05) is 32.0 Å². The van der Waals surface area contributed by atoms with Gasteiger partial charge >= 0.3 is 0 Å². The van der Waals surface area contributed by atoms with Crippen molar-refractivity contribution in [2.24, 2.45) is 0 Å². The zero-order chi connectivity index (χ0) is 23.4. The standard InChI is InChI=1S/C24H22Cl2N4O3/c1-32-11-10-15(14-6-4-3-5-7-14)23-28-20-16(8-9-19(33-2)22(20)29-23)24(31)30-21-17(25)12-27-13-18(21)26/h3-9,12-13,15H,10-11H2,1-2H3,(H,28,29)(H,27,30,31)/t15-/m0/s1. The molecule has 9 heteroatoms. The average Bonchev–Trinajstić information content (AvgIpc) is 3.27. The number of aromatic nitrogens is 3. The molecule has 0 aliphatic carbocycles. The molecule has 0 spiro atoms. The van der Waals surface area contributed by atoms with Crippen LogP contribution >= 0.6 is 23.2 Å². The Hall–Kier alpha value is -3.13. The molecule has 0 fully saturated rings. The molecule has 0 bridgehead atoms. The lowest BCUT2D eigenvalue weighted by molar-refractivity contribution is 0.102. The van der Waals surface area contributed by atoms with E-state index in [2.05, 4.69) is 15.3 Å². The van der Waals surface area contributed by atoms with E-state index in [-0.39, 0.29) is 16.0 Å². The van der Waals surface area contributed by atoms with Crippen LogP contribution in [0.1, 0.15) is 34.1 Å². The highest BCUT2D eigenvalue weighted by molar-refractivity contribution is 6.39. The highest BCUT2D eigenvalue weighted by Crippen LogP contribution is 2.34. The van der Waals surface area contributed by atoms with Crippen molar-refractivity contribution in [2.75, 3.05) is 26.1 Å². The third kappa shape index (κ3) is 4.80. The Morgan fingerprint density at radius 3 is 2.48 bits per heavy atom. The second kappa shape index (κ2) is 10.2. The Labute approximate surface area is 201 Å². The number of hydrogen-bond acceptors (Lipinski definition) is 5. The monoisotopic (exact) mass is 484 g/mol. The number of aromatic amines is 1. The van der Waals surface area contributed by atoms with Crippen LogP contribution in [0.2, 0.25) is 10.0 Å². The van der Waals surface area contributed by atoms with Crippen molar-refractivity contribution in [3.05, 3.63) is 81.9 Å². The third-order valence-corrected chi connectivity index (χ3v) is 5.90. The summed E-state index contributed by atoms with van der Waals surface area (Å²) in [6.07, 6.45) is 3.55. The van der Waals surface area contributed by atoms with Crippen LogP contribution in [0.5, 0.6) is 5.75 Å². The van der Waals surface area contributed by atoms with Crippen molar-refractivity contribution in [3.8, 4) is 5.75 Å². The van der Waals surface area contributed by atoms with Crippen molar-refractivity contribution < 1.29 is 14.3 Å². The molecule has 1 atom stereocenters. The summed E-state index contributed by atoms with van der Waals surface area (Å²) in [4.78, 5) is 25.3. The molecule has 2 heterocycles. The molecular weight excluding hydrogens is 463 g/mol. The summed E-state index contributed by atoms with van der Waals surface area (Å²) in [6, 6.07) is 13.4. The second-order valence-electron chi connectivity index (χ2n) is 7.34. The number of fused-ring (bicyclic) bond motifs is 1. The number of benzene rings is 2. The van der Waals surface area contributed by atoms with Crippen molar-refractivity contribution in [1.82, 2.24) is 15.0 Å². The van der Waals surface area contributed by atoms with Crippen molar-refractivity contribution >= 4 is 45.8 Å². The van der Waals surface area contributed by atoms with Crippen LogP contribution in [0.15, 0.2) is 54.9 Å². The summed E-state index contributed by atoms with van der Waals surface area (Å²) in [7, 11) is 3.24. The third-order valence-electron chi connectivity index (χ3n) is 5.32. The van der Waals surface area contributed by atoms with Gasteiger partial charge in [-0.2, -0.15) is 0 Å². The maximum atomic E-state index is 13.2. The normalized spacial score (nSPS) is 12.0. The average molecular weight is 485 g/mol. The first-order valence-electron chi connectivity index (χ1n) is 10.2. The molecule has 0 aliphatic heterocycles. The fourth-order valence-electron chi connectivity index (χ4n) is 3.70. The van der Waals surface area contributed by atoms with Gasteiger partial charge in [0.25, 0.3) is 5.91 Å². The fourth-order valence-corrected chi connectivity index (χ4v) is 4.16. The number of anilines is 1. The maximum absolute atomic E-state index is 13.2.